The molecule has 0 bridgehead atoms. The van der Waals surface area contributed by atoms with Crippen LogP contribution in [0.3, 0.4) is 0 Å². The van der Waals surface area contributed by atoms with Crippen LogP contribution < -0.4 is 10.7 Å². The van der Waals surface area contributed by atoms with Gasteiger partial charge in [-0.05, 0) is 42.0 Å². The van der Waals surface area contributed by atoms with E-state index in [1.165, 1.54) is 6.20 Å². The summed E-state index contributed by atoms with van der Waals surface area (Å²) in [6.07, 6.45) is 3.30. The largest absolute Gasteiger partial charge is 0.361 e. The van der Waals surface area contributed by atoms with Crippen LogP contribution in [0.1, 0.15) is 15.9 Å². The zero-order valence-electron chi connectivity index (χ0n) is 14.3. The van der Waals surface area contributed by atoms with Crippen molar-refractivity contribution in [2.45, 2.75) is 6.54 Å². The lowest BCUT2D eigenvalue weighted by Crippen LogP contribution is -2.28. The highest BCUT2D eigenvalue weighted by molar-refractivity contribution is 6.30. The molecule has 2 aromatic heterocycles. The molecule has 1 amide bonds. The Hall–Kier alpha value is -3.31. The lowest BCUT2D eigenvalue weighted by Gasteiger charge is -2.07. The molecule has 0 saturated carbocycles. The Labute approximate surface area is 160 Å². The zero-order chi connectivity index (χ0) is 18.8. The van der Waals surface area contributed by atoms with Crippen molar-refractivity contribution in [3.05, 3.63) is 93.4 Å². The monoisotopic (exact) mass is 377 g/mol. The number of carbonyl (C=O) groups is 1. The summed E-state index contributed by atoms with van der Waals surface area (Å²) in [5.74, 6) is -0.415. The van der Waals surface area contributed by atoms with Gasteiger partial charge < -0.3 is 15.3 Å². The third-order valence-corrected chi connectivity index (χ3v) is 4.65. The molecule has 0 atom stereocenters. The predicted octanol–water partition coefficient (Wildman–Crippen LogP) is 4.11. The average Bonchev–Trinajstić information content (AvgIpc) is 3.22. The summed E-state index contributed by atoms with van der Waals surface area (Å²) in [4.78, 5) is 31.3. The van der Waals surface area contributed by atoms with Crippen molar-refractivity contribution in [3.63, 3.8) is 0 Å². The molecule has 134 valence electrons. The normalized spacial score (nSPS) is 10.9. The molecular formula is C21H16ClN3O2. The van der Waals surface area contributed by atoms with Gasteiger partial charge in [0, 0.05) is 46.1 Å². The fraction of sp³-hybridized carbons (Fsp3) is 0.0476. The fourth-order valence-electron chi connectivity index (χ4n) is 2.95. The van der Waals surface area contributed by atoms with Gasteiger partial charge in [-0.25, -0.2) is 0 Å². The van der Waals surface area contributed by atoms with Crippen molar-refractivity contribution < 1.29 is 4.79 Å². The molecule has 3 N–H and O–H groups in total. The fourth-order valence-corrected chi connectivity index (χ4v) is 3.07. The van der Waals surface area contributed by atoms with E-state index in [-0.39, 0.29) is 11.0 Å². The van der Waals surface area contributed by atoms with Crippen LogP contribution in [-0.4, -0.2) is 15.9 Å². The number of nitrogens with one attached hydrogen (secondary N) is 3. The lowest BCUT2D eigenvalue weighted by molar-refractivity contribution is 0.0949. The van der Waals surface area contributed by atoms with Crippen LogP contribution in [0, 0.1) is 0 Å². The maximum Gasteiger partial charge on any atom is 0.257 e. The minimum Gasteiger partial charge on any atom is -0.361 e. The Bertz CT molecular complexity index is 1160. The molecule has 2 aromatic carbocycles. The van der Waals surface area contributed by atoms with Crippen molar-refractivity contribution in [3.8, 4) is 11.3 Å². The predicted molar refractivity (Wildman–Crippen MR) is 107 cm³/mol. The van der Waals surface area contributed by atoms with E-state index in [0.717, 1.165) is 16.8 Å². The second kappa shape index (κ2) is 7.13. The summed E-state index contributed by atoms with van der Waals surface area (Å²) < 4.78 is 0. The van der Waals surface area contributed by atoms with E-state index < -0.39 is 5.91 Å². The second-order valence-corrected chi connectivity index (χ2v) is 6.62. The quantitative estimate of drug-likeness (QED) is 0.500. The number of halogens is 1. The van der Waals surface area contributed by atoms with Gasteiger partial charge in [-0.3, -0.25) is 9.59 Å². The van der Waals surface area contributed by atoms with Crippen LogP contribution in [0.5, 0.6) is 0 Å². The first-order chi connectivity index (χ1) is 13.1. The number of fused-ring (bicyclic) bond motifs is 1. The van der Waals surface area contributed by atoms with Crippen LogP contribution in [0.15, 0.2) is 71.8 Å². The van der Waals surface area contributed by atoms with E-state index in [1.807, 2.05) is 42.6 Å². The van der Waals surface area contributed by atoms with Gasteiger partial charge in [0.15, 0.2) is 0 Å². The van der Waals surface area contributed by atoms with E-state index >= 15 is 0 Å². The van der Waals surface area contributed by atoms with Gasteiger partial charge in [0.2, 0.25) is 5.43 Å². The van der Waals surface area contributed by atoms with Crippen molar-refractivity contribution in [2.75, 3.05) is 0 Å². The van der Waals surface area contributed by atoms with Gasteiger partial charge in [0.25, 0.3) is 5.91 Å². The zero-order valence-corrected chi connectivity index (χ0v) is 15.0. The van der Waals surface area contributed by atoms with Crippen molar-refractivity contribution in [2.24, 2.45) is 0 Å². The van der Waals surface area contributed by atoms with E-state index in [2.05, 4.69) is 15.3 Å². The number of aromatic amines is 2. The number of amides is 1. The molecule has 0 aliphatic rings. The van der Waals surface area contributed by atoms with Gasteiger partial charge in [-0.15, -0.1) is 0 Å². The molecule has 0 radical (unpaired) electrons. The summed E-state index contributed by atoms with van der Waals surface area (Å²) in [5, 5.41) is 3.88. The highest BCUT2D eigenvalue weighted by Crippen LogP contribution is 2.20. The summed E-state index contributed by atoms with van der Waals surface area (Å²) >= 11 is 5.86. The minimum atomic E-state index is -0.415. The first-order valence-corrected chi connectivity index (χ1v) is 8.81. The Balaban J connectivity index is 1.59. The summed E-state index contributed by atoms with van der Waals surface area (Å²) in [5.41, 5.74) is 3.30. The topological polar surface area (TPSA) is 77.8 Å². The minimum absolute atomic E-state index is 0.0871. The number of rotatable bonds is 4. The number of pyridine rings is 1. The van der Waals surface area contributed by atoms with Crippen LogP contribution >= 0.6 is 11.6 Å². The van der Waals surface area contributed by atoms with Gasteiger partial charge in [0.05, 0.1) is 0 Å². The molecule has 0 aliphatic carbocycles. The molecule has 6 heteroatoms. The van der Waals surface area contributed by atoms with E-state index in [1.54, 1.807) is 18.2 Å². The molecule has 2 heterocycles. The second-order valence-electron chi connectivity index (χ2n) is 6.18. The maximum absolute atomic E-state index is 12.7. The third-order valence-electron chi connectivity index (χ3n) is 4.40. The highest BCUT2D eigenvalue weighted by Gasteiger charge is 2.13. The van der Waals surface area contributed by atoms with E-state index in [4.69, 9.17) is 11.6 Å². The van der Waals surface area contributed by atoms with Crippen LogP contribution in [-0.2, 0) is 6.54 Å². The third kappa shape index (κ3) is 3.50. The number of benzene rings is 2. The number of aromatic nitrogens is 2. The van der Waals surface area contributed by atoms with E-state index in [9.17, 15) is 9.59 Å². The average molecular weight is 378 g/mol. The first-order valence-electron chi connectivity index (χ1n) is 8.44. The molecule has 27 heavy (non-hydrogen) atoms. The number of carbonyl (C=O) groups excluding carboxylic acids is 1. The highest BCUT2D eigenvalue weighted by atomic mass is 35.5. The molecule has 0 unspecified atom stereocenters. The molecule has 0 fully saturated rings. The molecule has 4 rings (SSSR count). The van der Waals surface area contributed by atoms with Gasteiger partial charge in [-0.2, -0.15) is 0 Å². The smallest absolute Gasteiger partial charge is 0.257 e. The standard InChI is InChI=1S/C21H16ClN3O2/c22-15-6-3-13(4-7-15)11-25-21(27)17-12-24-19-10-14(18-2-1-9-23-18)5-8-16(19)20(17)26/h1-10,12,23H,11H2,(H,24,26)(H,25,27). The van der Waals surface area contributed by atoms with Crippen molar-refractivity contribution >= 4 is 28.4 Å². The van der Waals surface area contributed by atoms with Crippen molar-refractivity contribution in [1.82, 2.24) is 15.3 Å². The Morgan fingerprint density at radius 1 is 1.04 bits per heavy atom. The maximum atomic E-state index is 12.7. The summed E-state index contributed by atoms with van der Waals surface area (Å²) in [7, 11) is 0. The SMILES string of the molecule is O=C(NCc1ccc(Cl)cc1)c1c[nH]c2cc(-c3ccc[nH]3)ccc2c1=O. The van der Waals surface area contributed by atoms with Gasteiger partial charge in [0.1, 0.15) is 5.56 Å². The first kappa shape index (κ1) is 17.1. The van der Waals surface area contributed by atoms with E-state index in [0.29, 0.717) is 22.5 Å². The molecule has 0 saturated heterocycles. The Kier molecular flexibility index (Phi) is 4.52. The van der Waals surface area contributed by atoms with Crippen LogP contribution in [0.2, 0.25) is 5.02 Å². The number of hydrogen-bond acceptors (Lipinski definition) is 2. The lowest BCUT2D eigenvalue weighted by atomic mass is 10.1. The van der Waals surface area contributed by atoms with Gasteiger partial charge in [-0.1, -0.05) is 29.8 Å². The van der Waals surface area contributed by atoms with Crippen molar-refractivity contribution in [1.29, 1.82) is 0 Å². The summed E-state index contributed by atoms with van der Waals surface area (Å²) in [6.45, 7) is 0.319. The molecule has 0 spiro atoms. The Morgan fingerprint density at radius 2 is 1.85 bits per heavy atom. The molecule has 5 nitrogen and oxygen atoms in total. The van der Waals surface area contributed by atoms with Crippen LogP contribution in [0.4, 0.5) is 0 Å². The Morgan fingerprint density at radius 3 is 2.59 bits per heavy atom. The number of hydrogen-bond donors (Lipinski definition) is 3. The molecule has 0 aliphatic heterocycles. The number of H-pyrrole nitrogens is 2. The van der Waals surface area contributed by atoms with Crippen LogP contribution in [0.25, 0.3) is 22.2 Å². The summed E-state index contributed by atoms with van der Waals surface area (Å²) in [6, 6.07) is 16.5. The molecular weight excluding hydrogens is 362 g/mol. The van der Waals surface area contributed by atoms with Gasteiger partial charge >= 0.3 is 0 Å². The molecule has 4 aromatic rings.